The van der Waals surface area contributed by atoms with E-state index in [2.05, 4.69) is 11.1 Å². The molecule has 2 aromatic rings. The van der Waals surface area contributed by atoms with Gasteiger partial charge < -0.3 is 9.47 Å². The van der Waals surface area contributed by atoms with Crippen molar-refractivity contribution in [1.82, 2.24) is 4.98 Å². The summed E-state index contributed by atoms with van der Waals surface area (Å²) in [5.41, 5.74) is 2.54. The van der Waals surface area contributed by atoms with Crippen LogP contribution in [-0.4, -0.2) is 19.2 Å². The van der Waals surface area contributed by atoms with Crippen molar-refractivity contribution >= 4 is 23.0 Å². The lowest BCUT2D eigenvalue weighted by Crippen LogP contribution is -1.99. The summed E-state index contributed by atoms with van der Waals surface area (Å²) in [6, 6.07) is 7.91. The molecule has 5 heteroatoms. The van der Waals surface area contributed by atoms with Gasteiger partial charge in [0, 0.05) is 10.4 Å². The number of aromatic nitrogens is 1. The molecular formula is C18H18N2O2S. The van der Waals surface area contributed by atoms with Crippen LogP contribution in [0.5, 0.6) is 11.5 Å². The number of allylic oxidation sites excluding steroid dienone is 1. The summed E-state index contributed by atoms with van der Waals surface area (Å²) in [5, 5.41) is 10.4. The second kappa shape index (κ2) is 6.84. The molecule has 1 aliphatic carbocycles. The van der Waals surface area contributed by atoms with Gasteiger partial charge in [-0.25, -0.2) is 4.98 Å². The van der Waals surface area contributed by atoms with Crippen LogP contribution in [0.25, 0.3) is 11.6 Å². The number of rotatable bonds is 4. The van der Waals surface area contributed by atoms with Crippen molar-refractivity contribution < 1.29 is 9.47 Å². The van der Waals surface area contributed by atoms with Crippen molar-refractivity contribution in [3.63, 3.8) is 0 Å². The maximum absolute atomic E-state index is 9.57. The summed E-state index contributed by atoms with van der Waals surface area (Å²) in [5.74, 6) is 1.28. The number of ether oxygens (including phenoxy) is 2. The predicted molar refractivity (Wildman–Crippen MR) is 91.8 cm³/mol. The zero-order chi connectivity index (χ0) is 16.2. The fourth-order valence-electron chi connectivity index (χ4n) is 2.79. The number of benzene rings is 1. The SMILES string of the molecule is COc1cccc(C=C(C#N)c2nc3c(s2)CCCC3)c1OC. The molecule has 1 aromatic heterocycles. The maximum Gasteiger partial charge on any atom is 0.167 e. The van der Waals surface area contributed by atoms with E-state index >= 15 is 0 Å². The van der Waals surface area contributed by atoms with E-state index in [4.69, 9.17) is 9.47 Å². The van der Waals surface area contributed by atoms with Gasteiger partial charge >= 0.3 is 0 Å². The Bertz CT molecular complexity index is 763. The molecule has 0 saturated carbocycles. The third kappa shape index (κ3) is 3.08. The number of nitrogens with zero attached hydrogens (tertiary/aromatic N) is 2. The van der Waals surface area contributed by atoms with E-state index in [-0.39, 0.29) is 0 Å². The van der Waals surface area contributed by atoms with Gasteiger partial charge in [0.15, 0.2) is 11.5 Å². The standard InChI is InChI=1S/C18H18N2O2S/c1-21-15-8-5-6-12(17(15)22-2)10-13(11-19)18-20-14-7-3-4-9-16(14)23-18/h5-6,8,10H,3-4,7,9H2,1-2H3. The van der Waals surface area contributed by atoms with Gasteiger partial charge in [-0.1, -0.05) is 12.1 Å². The smallest absolute Gasteiger partial charge is 0.167 e. The minimum atomic E-state index is 0.566. The van der Waals surface area contributed by atoms with Crippen molar-refractivity contribution in [1.29, 1.82) is 5.26 Å². The first-order chi connectivity index (χ1) is 11.3. The average Bonchev–Trinajstić information content (AvgIpc) is 3.02. The highest BCUT2D eigenvalue weighted by molar-refractivity contribution is 7.13. The van der Waals surface area contributed by atoms with E-state index in [9.17, 15) is 5.26 Å². The zero-order valence-corrected chi connectivity index (χ0v) is 14.1. The zero-order valence-electron chi connectivity index (χ0n) is 13.3. The van der Waals surface area contributed by atoms with Crippen LogP contribution in [0.4, 0.5) is 0 Å². The van der Waals surface area contributed by atoms with Gasteiger partial charge in [0.1, 0.15) is 11.1 Å². The molecule has 0 N–H and O–H groups in total. The summed E-state index contributed by atoms with van der Waals surface area (Å²) < 4.78 is 10.7. The third-order valence-corrected chi connectivity index (χ3v) is 5.12. The summed E-state index contributed by atoms with van der Waals surface area (Å²) in [6.45, 7) is 0. The van der Waals surface area contributed by atoms with E-state index in [0.717, 1.165) is 29.1 Å². The summed E-state index contributed by atoms with van der Waals surface area (Å²) >= 11 is 1.64. The van der Waals surface area contributed by atoms with Crippen LogP contribution in [0.3, 0.4) is 0 Å². The second-order valence-corrected chi connectivity index (χ2v) is 6.43. The molecule has 0 saturated heterocycles. The molecule has 0 amide bonds. The maximum atomic E-state index is 9.57. The molecule has 23 heavy (non-hydrogen) atoms. The molecule has 0 unspecified atom stereocenters. The van der Waals surface area contributed by atoms with Crippen molar-refractivity contribution in [2.45, 2.75) is 25.7 Å². The van der Waals surface area contributed by atoms with E-state index in [1.165, 1.54) is 17.7 Å². The topological polar surface area (TPSA) is 55.1 Å². The Morgan fingerprint density at radius 1 is 1.26 bits per heavy atom. The first kappa shape index (κ1) is 15.6. The summed E-state index contributed by atoms with van der Waals surface area (Å²) in [6.07, 6.45) is 6.32. The fourth-order valence-corrected chi connectivity index (χ4v) is 3.91. The van der Waals surface area contributed by atoms with Gasteiger partial charge in [-0.15, -0.1) is 11.3 Å². The number of hydrogen-bond donors (Lipinski definition) is 0. The number of para-hydroxylation sites is 1. The fraction of sp³-hybridized carbons (Fsp3) is 0.333. The Labute approximate surface area is 140 Å². The highest BCUT2D eigenvalue weighted by Crippen LogP contribution is 2.35. The molecule has 118 valence electrons. The lowest BCUT2D eigenvalue weighted by Gasteiger charge is -2.10. The average molecular weight is 326 g/mol. The minimum Gasteiger partial charge on any atom is -0.493 e. The van der Waals surface area contributed by atoms with Crippen LogP contribution < -0.4 is 9.47 Å². The van der Waals surface area contributed by atoms with Crippen LogP contribution in [0, 0.1) is 11.3 Å². The van der Waals surface area contributed by atoms with Crippen molar-refractivity contribution in [2.75, 3.05) is 14.2 Å². The van der Waals surface area contributed by atoms with Crippen LogP contribution >= 0.6 is 11.3 Å². The van der Waals surface area contributed by atoms with E-state index < -0.39 is 0 Å². The van der Waals surface area contributed by atoms with Gasteiger partial charge in [0.2, 0.25) is 0 Å². The van der Waals surface area contributed by atoms with E-state index in [0.29, 0.717) is 17.1 Å². The van der Waals surface area contributed by atoms with E-state index in [1.807, 2.05) is 24.3 Å². The molecule has 1 aromatic carbocycles. The first-order valence-corrected chi connectivity index (χ1v) is 8.40. The van der Waals surface area contributed by atoms with Crippen LogP contribution in [0.1, 0.15) is 34.0 Å². The molecular weight excluding hydrogens is 308 g/mol. The molecule has 1 aliphatic rings. The van der Waals surface area contributed by atoms with Gasteiger partial charge in [0.25, 0.3) is 0 Å². The lowest BCUT2D eigenvalue weighted by atomic mass is 10.0. The third-order valence-electron chi connectivity index (χ3n) is 3.93. The van der Waals surface area contributed by atoms with Crippen LogP contribution in [0.15, 0.2) is 18.2 Å². The molecule has 3 rings (SSSR count). The number of methoxy groups -OCH3 is 2. The Kier molecular flexibility index (Phi) is 4.63. The Balaban J connectivity index is 2.03. The Hall–Kier alpha value is -2.32. The number of hydrogen-bond acceptors (Lipinski definition) is 5. The van der Waals surface area contributed by atoms with Crippen LogP contribution in [-0.2, 0) is 12.8 Å². The Morgan fingerprint density at radius 3 is 2.78 bits per heavy atom. The Morgan fingerprint density at radius 2 is 2.09 bits per heavy atom. The van der Waals surface area contributed by atoms with E-state index in [1.54, 1.807) is 25.6 Å². The first-order valence-electron chi connectivity index (χ1n) is 7.58. The molecule has 0 atom stereocenters. The minimum absolute atomic E-state index is 0.566. The second-order valence-electron chi connectivity index (χ2n) is 5.35. The molecule has 0 aliphatic heterocycles. The largest absolute Gasteiger partial charge is 0.493 e. The van der Waals surface area contributed by atoms with Crippen molar-refractivity contribution in [3.8, 4) is 17.6 Å². The highest BCUT2D eigenvalue weighted by Gasteiger charge is 2.18. The molecule has 0 radical (unpaired) electrons. The quantitative estimate of drug-likeness (QED) is 0.794. The van der Waals surface area contributed by atoms with Gasteiger partial charge in [-0.3, -0.25) is 0 Å². The van der Waals surface area contributed by atoms with Gasteiger partial charge in [-0.2, -0.15) is 5.26 Å². The van der Waals surface area contributed by atoms with Crippen LogP contribution in [0.2, 0.25) is 0 Å². The molecule has 0 fully saturated rings. The normalized spacial score (nSPS) is 14.0. The summed E-state index contributed by atoms with van der Waals surface area (Å²) in [4.78, 5) is 6.00. The van der Waals surface area contributed by atoms with Gasteiger partial charge in [-0.05, 0) is 37.8 Å². The van der Waals surface area contributed by atoms with Gasteiger partial charge in [0.05, 0.1) is 25.5 Å². The molecule has 0 spiro atoms. The highest BCUT2D eigenvalue weighted by atomic mass is 32.1. The van der Waals surface area contributed by atoms with Crippen molar-refractivity contribution in [2.24, 2.45) is 0 Å². The summed E-state index contributed by atoms with van der Waals surface area (Å²) in [7, 11) is 3.20. The lowest BCUT2D eigenvalue weighted by molar-refractivity contribution is 0.354. The number of fused-ring (bicyclic) bond motifs is 1. The monoisotopic (exact) mass is 326 g/mol. The number of thiazole rings is 1. The molecule has 1 heterocycles. The molecule has 4 nitrogen and oxygen atoms in total. The van der Waals surface area contributed by atoms with Crippen molar-refractivity contribution in [3.05, 3.63) is 39.3 Å². The predicted octanol–water partition coefficient (Wildman–Crippen LogP) is 4.10. The molecule has 0 bridgehead atoms. The number of aryl methyl sites for hydroxylation is 2. The number of nitriles is 1.